The van der Waals surface area contributed by atoms with Gasteiger partial charge in [0.25, 0.3) is 0 Å². The van der Waals surface area contributed by atoms with Gasteiger partial charge < -0.3 is 5.73 Å². The Morgan fingerprint density at radius 2 is 2.23 bits per heavy atom. The zero-order valence-electron chi connectivity index (χ0n) is 6.48. The zero-order valence-corrected chi connectivity index (χ0v) is 8.82. The molecule has 0 unspecified atom stereocenters. The standard InChI is InChI=1S/C8H6BrClFNO/c9-3-7(13)5-1-4(10)2-6(11)8(5)12/h1-2H,3,12H2. The van der Waals surface area contributed by atoms with Crippen LogP contribution in [0.25, 0.3) is 0 Å². The minimum absolute atomic E-state index is 0.0942. The molecule has 0 aromatic heterocycles. The second-order valence-electron chi connectivity index (χ2n) is 2.41. The van der Waals surface area contributed by atoms with Crippen LogP contribution in [0, 0.1) is 5.82 Å². The number of rotatable bonds is 2. The molecule has 1 rings (SSSR count). The Kier molecular flexibility index (Phi) is 3.27. The Hall–Kier alpha value is -0.610. The Bertz CT molecular complexity index is 356. The first-order valence-corrected chi connectivity index (χ1v) is 4.90. The summed E-state index contributed by atoms with van der Waals surface area (Å²) in [7, 11) is 0. The molecule has 0 heterocycles. The molecular weight excluding hydrogens is 260 g/mol. The van der Waals surface area contributed by atoms with E-state index >= 15 is 0 Å². The fourth-order valence-electron chi connectivity index (χ4n) is 0.887. The maximum absolute atomic E-state index is 13.0. The first-order valence-electron chi connectivity index (χ1n) is 3.40. The molecule has 1 aromatic rings. The summed E-state index contributed by atoms with van der Waals surface area (Å²) < 4.78 is 13.0. The van der Waals surface area contributed by atoms with E-state index in [1.165, 1.54) is 6.07 Å². The molecule has 1 aromatic carbocycles. The van der Waals surface area contributed by atoms with Crippen molar-refractivity contribution in [3.05, 3.63) is 28.5 Å². The van der Waals surface area contributed by atoms with Crippen LogP contribution in [0.4, 0.5) is 10.1 Å². The van der Waals surface area contributed by atoms with Crippen LogP contribution in [-0.2, 0) is 0 Å². The van der Waals surface area contributed by atoms with Gasteiger partial charge in [0, 0.05) is 10.6 Å². The summed E-state index contributed by atoms with van der Waals surface area (Å²) in [5, 5.41) is 0.257. The second-order valence-corrected chi connectivity index (χ2v) is 3.40. The van der Waals surface area contributed by atoms with E-state index in [1.807, 2.05) is 0 Å². The van der Waals surface area contributed by atoms with Gasteiger partial charge in [-0.05, 0) is 12.1 Å². The van der Waals surface area contributed by atoms with Crippen molar-refractivity contribution in [1.29, 1.82) is 0 Å². The SMILES string of the molecule is Nc1c(F)cc(Cl)cc1C(=O)CBr. The molecule has 0 aliphatic rings. The van der Waals surface area contributed by atoms with Crippen molar-refractivity contribution in [2.24, 2.45) is 0 Å². The number of ketones is 1. The predicted molar refractivity (Wildman–Crippen MR) is 53.9 cm³/mol. The molecule has 0 atom stereocenters. The lowest BCUT2D eigenvalue weighted by molar-refractivity contribution is 0.102. The Balaban J connectivity index is 3.28. The number of hydrogen-bond acceptors (Lipinski definition) is 2. The third-order valence-electron chi connectivity index (χ3n) is 1.52. The molecule has 0 amide bonds. The normalized spacial score (nSPS) is 10.1. The van der Waals surface area contributed by atoms with Crippen LogP contribution in [0.5, 0.6) is 0 Å². The van der Waals surface area contributed by atoms with Crippen LogP contribution in [-0.4, -0.2) is 11.1 Å². The number of nitrogen functional groups attached to an aromatic ring is 1. The van der Waals surface area contributed by atoms with E-state index in [4.69, 9.17) is 17.3 Å². The largest absolute Gasteiger partial charge is 0.396 e. The van der Waals surface area contributed by atoms with Crippen LogP contribution in [0.3, 0.4) is 0 Å². The van der Waals surface area contributed by atoms with Gasteiger partial charge in [-0.2, -0.15) is 0 Å². The minimum atomic E-state index is -0.670. The van der Waals surface area contributed by atoms with E-state index in [2.05, 4.69) is 15.9 Å². The quantitative estimate of drug-likeness (QED) is 0.508. The number of alkyl halides is 1. The van der Waals surface area contributed by atoms with Crippen LogP contribution in [0.2, 0.25) is 5.02 Å². The molecule has 0 saturated heterocycles. The van der Waals surface area contributed by atoms with Gasteiger partial charge in [0.1, 0.15) is 5.82 Å². The van der Waals surface area contributed by atoms with E-state index < -0.39 is 5.82 Å². The summed E-state index contributed by atoms with van der Waals surface area (Å²) in [6.07, 6.45) is 0. The minimum Gasteiger partial charge on any atom is -0.396 e. The molecule has 0 aliphatic heterocycles. The topological polar surface area (TPSA) is 43.1 Å². The van der Waals surface area contributed by atoms with Gasteiger partial charge in [-0.3, -0.25) is 4.79 Å². The molecule has 0 fully saturated rings. The lowest BCUT2D eigenvalue weighted by Crippen LogP contribution is -2.06. The number of anilines is 1. The number of carbonyl (C=O) groups is 1. The van der Waals surface area contributed by atoms with Crippen molar-refractivity contribution in [3.8, 4) is 0 Å². The zero-order chi connectivity index (χ0) is 10.0. The van der Waals surface area contributed by atoms with Gasteiger partial charge >= 0.3 is 0 Å². The van der Waals surface area contributed by atoms with Gasteiger partial charge in [0.15, 0.2) is 5.78 Å². The summed E-state index contributed by atoms with van der Waals surface area (Å²) in [5.74, 6) is -0.962. The van der Waals surface area contributed by atoms with Crippen LogP contribution in [0.1, 0.15) is 10.4 Å². The summed E-state index contributed by atoms with van der Waals surface area (Å²) in [4.78, 5) is 11.2. The summed E-state index contributed by atoms with van der Waals surface area (Å²) in [6, 6.07) is 2.42. The Morgan fingerprint density at radius 3 is 2.77 bits per heavy atom. The highest BCUT2D eigenvalue weighted by Crippen LogP contribution is 2.22. The van der Waals surface area contributed by atoms with Crippen LogP contribution in [0.15, 0.2) is 12.1 Å². The second kappa shape index (κ2) is 4.07. The predicted octanol–water partition coefficient (Wildman–Crippen LogP) is 2.64. The van der Waals surface area contributed by atoms with E-state index in [-0.39, 0.29) is 27.4 Å². The van der Waals surface area contributed by atoms with Crippen molar-refractivity contribution in [3.63, 3.8) is 0 Å². The highest BCUT2D eigenvalue weighted by atomic mass is 79.9. The van der Waals surface area contributed by atoms with Crippen molar-refractivity contribution in [2.45, 2.75) is 0 Å². The van der Waals surface area contributed by atoms with E-state index in [0.29, 0.717) is 0 Å². The fraction of sp³-hybridized carbons (Fsp3) is 0.125. The molecule has 0 bridgehead atoms. The summed E-state index contributed by atoms with van der Waals surface area (Å²) >= 11 is 8.52. The van der Waals surface area contributed by atoms with Crippen LogP contribution < -0.4 is 5.73 Å². The van der Waals surface area contributed by atoms with Crippen molar-refractivity contribution >= 4 is 39.0 Å². The van der Waals surface area contributed by atoms with Gasteiger partial charge in [-0.25, -0.2) is 4.39 Å². The van der Waals surface area contributed by atoms with Gasteiger partial charge in [0.05, 0.1) is 11.0 Å². The van der Waals surface area contributed by atoms with Crippen molar-refractivity contribution in [2.75, 3.05) is 11.1 Å². The van der Waals surface area contributed by atoms with Crippen LogP contribution >= 0.6 is 27.5 Å². The van der Waals surface area contributed by atoms with Crippen molar-refractivity contribution < 1.29 is 9.18 Å². The first-order chi connectivity index (χ1) is 6.06. The lowest BCUT2D eigenvalue weighted by Gasteiger charge is -2.04. The van der Waals surface area contributed by atoms with Crippen molar-refractivity contribution in [1.82, 2.24) is 0 Å². The Morgan fingerprint density at radius 1 is 1.62 bits per heavy atom. The molecule has 0 saturated carbocycles. The number of nitrogens with two attached hydrogens (primary N) is 1. The smallest absolute Gasteiger partial charge is 0.175 e. The first kappa shape index (κ1) is 10.5. The summed E-state index contributed by atoms with van der Waals surface area (Å²) in [6.45, 7) is 0. The molecule has 70 valence electrons. The van der Waals surface area contributed by atoms with Gasteiger partial charge in [-0.1, -0.05) is 27.5 Å². The van der Waals surface area contributed by atoms with E-state index in [9.17, 15) is 9.18 Å². The lowest BCUT2D eigenvalue weighted by atomic mass is 10.1. The number of benzene rings is 1. The van der Waals surface area contributed by atoms with E-state index in [1.54, 1.807) is 0 Å². The number of hydrogen-bond donors (Lipinski definition) is 1. The average Bonchev–Trinajstić information content (AvgIpc) is 2.10. The molecule has 13 heavy (non-hydrogen) atoms. The number of halogens is 3. The fourth-order valence-corrected chi connectivity index (χ4v) is 1.39. The van der Waals surface area contributed by atoms with E-state index in [0.717, 1.165) is 6.07 Å². The number of Topliss-reactive ketones (excluding diaryl/α,β-unsaturated/α-hetero) is 1. The molecule has 0 radical (unpaired) electrons. The Labute approximate surface area is 88.0 Å². The maximum atomic E-state index is 13.0. The van der Waals surface area contributed by atoms with Gasteiger partial charge in [0.2, 0.25) is 0 Å². The monoisotopic (exact) mass is 265 g/mol. The number of carbonyl (C=O) groups excluding carboxylic acids is 1. The molecule has 5 heteroatoms. The average molecular weight is 266 g/mol. The van der Waals surface area contributed by atoms with Gasteiger partial charge in [-0.15, -0.1) is 0 Å². The molecule has 2 N–H and O–H groups in total. The molecule has 0 spiro atoms. The molecular formula is C8H6BrClFNO. The summed E-state index contributed by atoms with van der Waals surface area (Å²) in [5.41, 5.74) is 5.31. The molecule has 0 aliphatic carbocycles. The highest BCUT2D eigenvalue weighted by Gasteiger charge is 2.12. The molecule has 2 nitrogen and oxygen atoms in total. The maximum Gasteiger partial charge on any atom is 0.175 e. The third kappa shape index (κ3) is 2.19. The highest BCUT2D eigenvalue weighted by molar-refractivity contribution is 9.09. The third-order valence-corrected chi connectivity index (χ3v) is 2.24.